The molecule has 2 heterocycles. The monoisotopic (exact) mass is 293 g/mol. The van der Waals surface area contributed by atoms with E-state index < -0.39 is 4.92 Å². The molecule has 0 bridgehead atoms. The number of likely N-dealkylation sites (N-methyl/N-ethyl adjacent to an activating group) is 1. The number of hydrogen-bond donors (Lipinski definition) is 2. The molecule has 0 spiro atoms. The number of pyridine rings is 1. The third kappa shape index (κ3) is 3.66. The normalized spacial score (nSPS) is 19.0. The molecule has 114 valence electrons. The van der Waals surface area contributed by atoms with E-state index in [1.165, 1.54) is 6.07 Å². The van der Waals surface area contributed by atoms with Crippen molar-refractivity contribution >= 4 is 17.4 Å². The van der Waals surface area contributed by atoms with E-state index in [-0.39, 0.29) is 23.2 Å². The smallest absolute Gasteiger partial charge is 0.288 e. The summed E-state index contributed by atoms with van der Waals surface area (Å²) in [4.78, 5) is 28.7. The van der Waals surface area contributed by atoms with Crippen molar-refractivity contribution in [2.24, 2.45) is 0 Å². The lowest BCUT2D eigenvalue weighted by Gasteiger charge is -2.30. The highest BCUT2D eigenvalue weighted by Gasteiger charge is 2.23. The molecule has 2 N–H and O–H groups in total. The number of rotatable bonds is 4. The number of nitro groups is 1. The van der Waals surface area contributed by atoms with E-state index in [1.807, 2.05) is 7.05 Å². The number of carbonyl (C=O) groups excluding carboxylic acids is 1. The maximum atomic E-state index is 12.3. The predicted octanol–water partition coefficient (Wildman–Crippen LogP) is 0.855. The zero-order valence-electron chi connectivity index (χ0n) is 12.1. The summed E-state index contributed by atoms with van der Waals surface area (Å²) in [5, 5.41) is 16.5. The van der Waals surface area contributed by atoms with Crippen LogP contribution < -0.4 is 10.6 Å². The number of aromatic nitrogens is 1. The second kappa shape index (κ2) is 6.49. The van der Waals surface area contributed by atoms with E-state index >= 15 is 0 Å². The third-order valence-corrected chi connectivity index (χ3v) is 3.53. The first-order valence-corrected chi connectivity index (χ1v) is 6.83. The van der Waals surface area contributed by atoms with Crippen LogP contribution >= 0.6 is 0 Å². The number of nitrogens with zero attached hydrogens (tertiary/aromatic N) is 3. The van der Waals surface area contributed by atoms with Gasteiger partial charge in [-0.05, 0) is 26.4 Å². The molecular weight excluding hydrogens is 274 g/mol. The van der Waals surface area contributed by atoms with Crippen molar-refractivity contribution in [3.8, 4) is 0 Å². The highest BCUT2D eigenvalue weighted by atomic mass is 16.6. The predicted molar refractivity (Wildman–Crippen MR) is 78.4 cm³/mol. The van der Waals surface area contributed by atoms with E-state index in [9.17, 15) is 14.9 Å². The van der Waals surface area contributed by atoms with Gasteiger partial charge in [0.1, 0.15) is 12.0 Å². The van der Waals surface area contributed by atoms with Crippen LogP contribution in [-0.2, 0) is 0 Å². The Morgan fingerprint density at radius 3 is 2.95 bits per heavy atom. The molecule has 0 radical (unpaired) electrons. The van der Waals surface area contributed by atoms with Crippen molar-refractivity contribution < 1.29 is 9.72 Å². The number of hydrogen-bond acceptors (Lipinski definition) is 6. The first kappa shape index (κ1) is 15.2. The van der Waals surface area contributed by atoms with Gasteiger partial charge in [-0.25, -0.2) is 4.98 Å². The molecule has 8 nitrogen and oxygen atoms in total. The van der Waals surface area contributed by atoms with Gasteiger partial charge in [-0.1, -0.05) is 0 Å². The fourth-order valence-electron chi connectivity index (χ4n) is 2.47. The second-order valence-corrected chi connectivity index (χ2v) is 5.17. The molecule has 0 saturated carbocycles. The summed E-state index contributed by atoms with van der Waals surface area (Å²) in [6.45, 7) is 1.80. The summed E-state index contributed by atoms with van der Waals surface area (Å²) in [5.41, 5.74) is -0.000149. The van der Waals surface area contributed by atoms with Crippen molar-refractivity contribution in [3.05, 3.63) is 27.9 Å². The molecule has 1 aromatic heterocycles. The standard InChI is InChI=1S/C13H19N5O3/c1-14-12-11(6-10(7-15-12)18(20)21)13(19)16-9-4-3-5-17(2)8-9/h6-7,9H,3-5,8H2,1-2H3,(H,14,15)(H,16,19). The topological polar surface area (TPSA) is 100 Å². The summed E-state index contributed by atoms with van der Waals surface area (Å²) in [6, 6.07) is 1.31. The van der Waals surface area contributed by atoms with Gasteiger partial charge in [0.2, 0.25) is 0 Å². The van der Waals surface area contributed by atoms with Crippen LogP contribution in [0.15, 0.2) is 12.3 Å². The van der Waals surface area contributed by atoms with Crippen LogP contribution in [0.3, 0.4) is 0 Å². The zero-order chi connectivity index (χ0) is 15.4. The van der Waals surface area contributed by atoms with Gasteiger partial charge >= 0.3 is 0 Å². The average Bonchev–Trinajstić information content (AvgIpc) is 2.46. The first-order chi connectivity index (χ1) is 10.0. The Balaban J connectivity index is 2.17. The van der Waals surface area contributed by atoms with Crippen molar-refractivity contribution in [2.75, 3.05) is 32.5 Å². The summed E-state index contributed by atoms with van der Waals surface area (Å²) in [6.07, 6.45) is 3.07. The molecule has 1 aliphatic rings. The third-order valence-electron chi connectivity index (χ3n) is 3.53. The van der Waals surface area contributed by atoms with Crippen LogP contribution in [0.5, 0.6) is 0 Å². The van der Waals surface area contributed by atoms with E-state index in [2.05, 4.69) is 20.5 Å². The van der Waals surface area contributed by atoms with E-state index in [4.69, 9.17) is 0 Å². The quantitative estimate of drug-likeness (QED) is 0.630. The Hall–Kier alpha value is -2.22. The molecule has 1 aliphatic heterocycles. The second-order valence-electron chi connectivity index (χ2n) is 5.17. The summed E-state index contributed by atoms with van der Waals surface area (Å²) in [7, 11) is 3.63. The Morgan fingerprint density at radius 1 is 1.57 bits per heavy atom. The molecule has 0 aliphatic carbocycles. The number of piperidine rings is 1. The minimum atomic E-state index is -0.558. The van der Waals surface area contributed by atoms with Crippen molar-refractivity contribution in [1.82, 2.24) is 15.2 Å². The molecule has 1 unspecified atom stereocenters. The Bertz CT molecular complexity index is 549. The van der Waals surface area contributed by atoms with Crippen LogP contribution in [-0.4, -0.2) is 53.9 Å². The minimum Gasteiger partial charge on any atom is -0.372 e. The molecule has 2 rings (SSSR count). The van der Waals surface area contributed by atoms with Gasteiger partial charge in [0.15, 0.2) is 0 Å². The van der Waals surface area contributed by atoms with Gasteiger partial charge in [-0.2, -0.15) is 0 Å². The average molecular weight is 293 g/mol. The van der Waals surface area contributed by atoms with E-state index in [1.54, 1.807) is 7.05 Å². The molecule has 1 aromatic rings. The van der Waals surface area contributed by atoms with Gasteiger partial charge in [-0.3, -0.25) is 14.9 Å². The molecule has 8 heteroatoms. The molecular formula is C13H19N5O3. The van der Waals surface area contributed by atoms with E-state index in [0.29, 0.717) is 5.82 Å². The Kier molecular flexibility index (Phi) is 4.69. The number of likely N-dealkylation sites (tertiary alicyclic amines) is 1. The Labute approximate surface area is 122 Å². The summed E-state index contributed by atoms with van der Waals surface area (Å²) < 4.78 is 0. The van der Waals surface area contributed by atoms with Crippen LogP contribution in [0.4, 0.5) is 11.5 Å². The molecule has 1 amide bonds. The fraction of sp³-hybridized carbons (Fsp3) is 0.538. The van der Waals surface area contributed by atoms with Crippen molar-refractivity contribution in [3.63, 3.8) is 0 Å². The largest absolute Gasteiger partial charge is 0.372 e. The van der Waals surface area contributed by atoms with Crippen LogP contribution in [0.1, 0.15) is 23.2 Å². The molecule has 1 fully saturated rings. The maximum Gasteiger partial charge on any atom is 0.288 e. The molecule has 1 saturated heterocycles. The molecule has 1 atom stereocenters. The minimum absolute atomic E-state index is 0.0558. The highest BCUT2D eigenvalue weighted by Crippen LogP contribution is 2.19. The lowest BCUT2D eigenvalue weighted by Crippen LogP contribution is -2.46. The van der Waals surface area contributed by atoms with Crippen LogP contribution in [0.2, 0.25) is 0 Å². The van der Waals surface area contributed by atoms with Gasteiger partial charge in [0.25, 0.3) is 11.6 Å². The SMILES string of the molecule is CNc1ncc([N+](=O)[O-])cc1C(=O)NC1CCCN(C)C1. The number of amides is 1. The van der Waals surface area contributed by atoms with E-state index in [0.717, 1.165) is 32.1 Å². The van der Waals surface area contributed by atoms with Crippen molar-refractivity contribution in [1.29, 1.82) is 0 Å². The number of nitrogens with one attached hydrogen (secondary N) is 2. The fourth-order valence-corrected chi connectivity index (χ4v) is 2.47. The van der Waals surface area contributed by atoms with Crippen LogP contribution in [0.25, 0.3) is 0 Å². The van der Waals surface area contributed by atoms with Gasteiger partial charge in [0.05, 0.1) is 10.5 Å². The summed E-state index contributed by atoms with van der Waals surface area (Å²) in [5.74, 6) is -0.00175. The maximum absolute atomic E-state index is 12.3. The van der Waals surface area contributed by atoms with Gasteiger partial charge in [0, 0.05) is 25.7 Å². The van der Waals surface area contributed by atoms with Crippen molar-refractivity contribution in [2.45, 2.75) is 18.9 Å². The van der Waals surface area contributed by atoms with Gasteiger partial charge < -0.3 is 15.5 Å². The molecule has 0 aromatic carbocycles. The Morgan fingerprint density at radius 2 is 2.33 bits per heavy atom. The van der Waals surface area contributed by atoms with Crippen LogP contribution in [0, 0.1) is 10.1 Å². The zero-order valence-corrected chi connectivity index (χ0v) is 12.1. The first-order valence-electron chi connectivity index (χ1n) is 6.83. The molecule has 21 heavy (non-hydrogen) atoms. The lowest BCUT2D eigenvalue weighted by atomic mass is 10.1. The highest BCUT2D eigenvalue weighted by molar-refractivity contribution is 5.99. The van der Waals surface area contributed by atoms with Gasteiger partial charge in [-0.15, -0.1) is 0 Å². The number of carbonyl (C=O) groups is 1. The summed E-state index contributed by atoms with van der Waals surface area (Å²) >= 11 is 0. The number of anilines is 1. The lowest BCUT2D eigenvalue weighted by molar-refractivity contribution is -0.385.